The molecule has 0 radical (unpaired) electrons. The van der Waals surface area contributed by atoms with E-state index in [1.54, 1.807) is 24.3 Å². The van der Waals surface area contributed by atoms with Crippen molar-refractivity contribution in [1.82, 2.24) is 4.90 Å². The van der Waals surface area contributed by atoms with Crippen LogP contribution in [-0.4, -0.2) is 29.9 Å². The first-order chi connectivity index (χ1) is 15.1. The van der Waals surface area contributed by atoms with E-state index in [2.05, 4.69) is 22.3 Å². The number of benzene rings is 1. The molecule has 0 saturated heterocycles. The lowest BCUT2D eigenvalue weighted by Gasteiger charge is -2.27. The summed E-state index contributed by atoms with van der Waals surface area (Å²) in [5.41, 5.74) is 2.78. The van der Waals surface area contributed by atoms with Gasteiger partial charge in [-0.15, -0.1) is 22.7 Å². The number of carbonyl (C=O) groups is 2. The normalized spacial score (nSPS) is 13.8. The highest BCUT2D eigenvalue weighted by Crippen LogP contribution is 2.38. The first-order valence-electron chi connectivity index (χ1n) is 10.2. The summed E-state index contributed by atoms with van der Waals surface area (Å²) < 4.78 is 5.30. The topological polar surface area (TPSA) is 58.6 Å². The molecule has 4 rings (SSSR count). The first kappa shape index (κ1) is 21.5. The van der Waals surface area contributed by atoms with Crippen molar-refractivity contribution in [3.8, 4) is 0 Å². The molecule has 2 aromatic heterocycles. The molecule has 0 fully saturated rings. The number of hydrogen-bond donors (Lipinski definition) is 1. The van der Waals surface area contributed by atoms with Crippen LogP contribution in [0.1, 0.15) is 38.2 Å². The summed E-state index contributed by atoms with van der Waals surface area (Å²) in [6, 6.07) is 14.3. The molecular formula is C24H24N2O3S2. The van der Waals surface area contributed by atoms with E-state index in [9.17, 15) is 9.59 Å². The summed E-state index contributed by atoms with van der Waals surface area (Å²) in [7, 11) is 0. The monoisotopic (exact) mass is 452 g/mol. The molecule has 1 amide bonds. The van der Waals surface area contributed by atoms with Gasteiger partial charge in [0.25, 0.3) is 0 Å². The summed E-state index contributed by atoms with van der Waals surface area (Å²) in [5.74, 6) is -0.618. The Kier molecular flexibility index (Phi) is 6.96. The van der Waals surface area contributed by atoms with E-state index in [1.165, 1.54) is 23.0 Å². The Hall–Kier alpha value is -2.74. The fourth-order valence-corrected chi connectivity index (χ4v) is 5.54. The summed E-state index contributed by atoms with van der Waals surface area (Å²) in [5, 5.41) is 5.45. The summed E-state index contributed by atoms with van der Waals surface area (Å²) in [6.07, 6.45) is 4.04. The van der Waals surface area contributed by atoms with E-state index in [1.807, 2.05) is 35.7 Å². The quantitative estimate of drug-likeness (QED) is 0.396. The smallest absolute Gasteiger partial charge is 0.341 e. The van der Waals surface area contributed by atoms with Gasteiger partial charge in [0.1, 0.15) is 5.00 Å². The number of hydrogen-bond acceptors (Lipinski definition) is 6. The lowest BCUT2D eigenvalue weighted by molar-refractivity contribution is -0.111. The highest BCUT2D eigenvalue weighted by molar-refractivity contribution is 7.17. The average molecular weight is 453 g/mol. The Bertz CT molecular complexity index is 1070. The molecule has 31 heavy (non-hydrogen) atoms. The zero-order chi connectivity index (χ0) is 21.6. The molecule has 7 heteroatoms. The molecule has 1 aliphatic heterocycles. The fourth-order valence-electron chi connectivity index (χ4n) is 3.64. The number of anilines is 1. The van der Waals surface area contributed by atoms with E-state index in [4.69, 9.17) is 4.74 Å². The molecule has 160 valence electrons. The predicted octanol–water partition coefficient (Wildman–Crippen LogP) is 5.20. The average Bonchev–Trinajstić information content (AvgIpc) is 3.40. The first-order valence-corrected chi connectivity index (χ1v) is 11.9. The summed E-state index contributed by atoms with van der Waals surface area (Å²) in [4.78, 5) is 29.7. The van der Waals surface area contributed by atoms with Gasteiger partial charge in [-0.05, 0) is 42.0 Å². The summed E-state index contributed by atoms with van der Waals surface area (Å²) >= 11 is 3.04. The van der Waals surface area contributed by atoms with Gasteiger partial charge in [-0.1, -0.05) is 36.4 Å². The van der Waals surface area contributed by atoms with Gasteiger partial charge < -0.3 is 10.1 Å². The number of carbonyl (C=O) groups excluding carboxylic acids is 2. The third-order valence-electron chi connectivity index (χ3n) is 5.04. The van der Waals surface area contributed by atoms with Crippen LogP contribution in [0.3, 0.4) is 0 Å². The SMILES string of the molecule is CCOC(=O)c1c(NC(=O)/C=C/c2cccs2)sc2c1CCN(Cc1ccccc1)C2. The molecule has 3 aromatic rings. The molecule has 0 saturated carbocycles. The van der Waals surface area contributed by atoms with E-state index in [-0.39, 0.29) is 11.9 Å². The number of amides is 1. The van der Waals surface area contributed by atoms with Gasteiger partial charge in [-0.3, -0.25) is 9.69 Å². The Morgan fingerprint density at radius 2 is 2.03 bits per heavy atom. The van der Waals surface area contributed by atoms with Crippen molar-refractivity contribution in [1.29, 1.82) is 0 Å². The van der Waals surface area contributed by atoms with E-state index in [0.29, 0.717) is 17.2 Å². The minimum Gasteiger partial charge on any atom is -0.462 e. The van der Waals surface area contributed by atoms with Crippen LogP contribution < -0.4 is 5.32 Å². The van der Waals surface area contributed by atoms with Crippen LogP contribution >= 0.6 is 22.7 Å². The second kappa shape index (κ2) is 10.0. The standard InChI is InChI=1S/C24H24N2O3S2/c1-2-29-24(28)22-19-12-13-26(15-17-7-4-3-5-8-17)16-20(19)31-23(22)25-21(27)11-10-18-9-6-14-30-18/h3-11,14H,2,12-13,15-16H2,1H3,(H,25,27)/b11-10+. The van der Waals surface area contributed by atoms with Gasteiger partial charge >= 0.3 is 5.97 Å². The second-order valence-electron chi connectivity index (χ2n) is 7.21. The maximum absolute atomic E-state index is 12.7. The van der Waals surface area contributed by atoms with Gasteiger partial charge in [0.2, 0.25) is 5.91 Å². The molecule has 0 bridgehead atoms. The Labute approximate surface area is 190 Å². The third-order valence-corrected chi connectivity index (χ3v) is 7.01. The van der Waals surface area contributed by atoms with Gasteiger partial charge in [0.15, 0.2) is 0 Å². The maximum atomic E-state index is 12.7. The summed E-state index contributed by atoms with van der Waals surface area (Å²) in [6.45, 7) is 4.56. The zero-order valence-corrected chi connectivity index (χ0v) is 18.9. The Morgan fingerprint density at radius 3 is 2.77 bits per heavy atom. The molecule has 1 N–H and O–H groups in total. The molecule has 0 spiro atoms. The van der Waals surface area contributed by atoms with E-state index < -0.39 is 0 Å². The molecule has 1 aliphatic rings. The van der Waals surface area contributed by atoms with Crippen LogP contribution in [0.4, 0.5) is 5.00 Å². The lowest BCUT2D eigenvalue weighted by Crippen LogP contribution is -2.29. The van der Waals surface area contributed by atoms with Crippen molar-refractivity contribution < 1.29 is 14.3 Å². The van der Waals surface area contributed by atoms with Gasteiger partial charge in [0, 0.05) is 35.5 Å². The number of ether oxygens (including phenoxy) is 1. The zero-order valence-electron chi connectivity index (χ0n) is 17.3. The van der Waals surface area contributed by atoms with E-state index in [0.717, 1.165) is 41.4 Å². The number of esters is 1. The van der Waals surface area contributed by atoms with Gasteiger partial charge in [-0.2, -0.15) is 0 Å². The minimum absolute atomic E-state index is 0.251. The van der Waals surface area contributed by atoms with Crippen LogP contribution in [-0.2, 0) is 29.0 Å². The number of rotatable bonds is 7. The van der Waals surface area contributed by atoms with Crippen molar-refractivity contribution in [2.24, 2.45) is 0 Å². The largest absolute Gasteiger partial charge is 0.462 e. The molecule has 1 aromatic carbocycles. The van der Waals surface area contributed by atoms with Crippen molar-refractivity contribution in [2.75, 3.05) is 18.5 Å². The van der Waals surface area contributed by atoms with Crippen LogP contribution in [0, 0.1) is 0 Å². The van der Waals surface area contributed by atoms with Crippen LogP contribution in [0.15, 0.2) is 53.9 Å². The third kappa shape index (κ3) is 5.31. The molecule has 0 atom stereocenters. The minimum atomic E-state index is -0.367. The van der Waals surface area contributed by atoms with Crippen molar-refractivity contribution in [2.45, 2.75) is 26.4 Å². The number of fused-ring (bicyclic) bond motifs is 1. The number of thiophene rings is 2. The number of nitrogens with one attached hydrogen (secondary N) is 1. The highest BCUT2D eigenvalue weighted by Gasteiger charge is 2.29. The predicted molar refractivity (Wildman–Crippen MR) is 127 cm³/mol. The van der Waals surface area contributed by atoms with Gasteiger partial charge in [0.05, 0.1) is 12.2 Å². The van der Waals surface area contributed by atoms with Crippen LogP contribution in [0.2, 0.25) is 0 Å². The fraction of sp³-hybridized carbons (Fsp3) is 0.250. The van der Waals surface area contributed by atoms with Crippen molar-refractivity contribution in [3.63, 3.8) is 0 Å². The second-order valence-corrected chi connectivity index (χ2v) is 9.30. The van der Waals surface area contributed by atoms with Crippen LogP contribution in [0.5, 0.6) is 0 Å². The molecule has 3 heterocycles. The number of nitrogens with zero attached hydrogens (tertiary/aromatic N) is 1. The van der Waals surface area contributed by atoms with Crippen molar-refractivity contribution in [3.05, 3.63) is 80.4 Å². The maximum Gasteiger partial charge on any atom is 0.341 e. The lowest BCUT2D eigenvalue weighted by atomic mass is 10.0. The molecule has 5 nitrogen and oxygen atoms in total. The Balaban J connectivity index is 1.54. The molecule has 0 aliphatic carbocycles. The van der Waals surface area contributed by atoms with E-state index >= 15 is 0 Å². The van der Waals surface area contributed by atoms with Crippen molar-refractivity contribution >= 4 is 45.6 Å². The molecule has 0 unspecified atom stereocenters. The highest BCUT2D eigenvalue weighted by atomic mass is 32.1. The molecular weight excluding hydrogens is 428 g/mol. The van der Waals surface area contributed by atoms with Crippen LogP contribution in [0.25, 0.3) is 6.08 Å². The Morgan fingerprint density at radius 1 is 1.19 bits per heavy atom. The van der Waals surface area contributed by atoms with Gasteiger partial charge in [-0.25, -0.2) is 4.79 Å².